The fourth-order valence-electron chi connectivity index (χ4n) is 2.19. The number of esters is 1. The summed E-state index contributed by atoms with van der Waals surface area (Å²) in [7, 11) is -1.32. The molecule has 2 aromatic carbocycles. The maximum Gasteiger partial charge on any atom is 0.340 e. The van der Waals surface area contributed by atoms with Crippen molar-refractivity contribution in [1.29, 1.82) is 5.26 Å². The van der Waals surface area contributed by atoms with Gasteiger partial charge in [0.2, 0.25) is 0 Å². The lowest BCUT2D eigenvalue weighted by Gasteiger charge is -2.15. The monoisotopic (exact) mass is 370 g/mol. The topological polar surface area (TPSA) is 96.3 Å². The third-order valence-corrected chi connectivity index (χ3v) is 4.94. The Kier molecular flexibility index (Phi) is 6.64. The van der Waals surface area contributed by atoms with Crippen LogP contribution >= 0.6 is 0 Å². The van der Waals surface area contributed by atoms with Gasteiger partial charge < -0.3 is 10.1 Å². The molecule has 1 N–H and O–H groups in total. The van der Waals surface area contributed by atoms with E-state index in [2.05, 4.69) is 5.32 Å². The van der Waals surface area contributed by atoms with E-state index in [9.17, 15) is 13.8 Å². The normalized spacial score (nSPS) is 12.5. The molecule has 2 aromatic rings. The zero-order valence-corrected chi connectivity index (χ0v) is 15.2. The zero-order valence-electron chi connectivity index (χ0n) is 14.4. The Labute approximate surface area is 154 Å². The van der Waals surface area contributed by atoms with Crippen LogP contribution in [0.4, 0.5) is 5.69 Å². The molecule has 2 atom stereocenters. The highest BCUT2D eigenvalue weighted by Crippen LogP contribution is 2.17. The molecule has 0 aliphatic rings. The smallest absolute Gasteiger partial charge is 0.340 e. The number of anilines is 1. The molecule has 0 aliphatic heterocycles. The lowest BCUT2D eigenvalue weighted by atomic mass is 10.2. The Hall–Kier alpha value is -2.98. The number of carbonyl (C=O) groups is 2. The molecule has 7 heteroatoms. The van der Waals surface area contributed by atoms with Crippen LogP contribution in [-0.4, -0.2) is 27.9 Å². The van der Waals surface area contributed by atoms with Gasteiger partial charge in [0.25, 0.3) is 5.91 Å². The first-order chi connectivity index (χ1) is 12.5. The van der Waals surface area contributed by atoms with Crippen molar-refractivity contribution in [2.45, 2.75) is 24.8 Å². The molecule has 0 spiro atoms. The van der Waals surface area contributed by atoms with Crippen molar-refractivity contribution in [3.05, 3.63) is 59.7 Å². The number of hydrogen-bond donors (Lipinski definition) is 1. The number of benzene rings is 2. The van der Waals surface area contributed by atoms with Crippen molar-refractivity contribution in [2.24, 2.45) is 0 Å². The molecule has 0 bridgehead atoms. The molecule has 26 heavy (non-hydrogen) atoms. The van der Waals surface area contributed by atoms with E-state index in [1.165, 1.54) is 13.0 Å². The number of para-hydroxylation sites is 1. The van der Waals surface area contributed by atoms with Crippen LogP contribution in [0.5, 0.6) is 0 Å². The average molecular weight is 370 g/mol. The molecule has 0 fully saturated rings. The van der Waals surface area contributed by atoms with Gasteiger partial charge in [-0.2, -0.15) is 5.26 Å². The highest BCUT2D eigenvalue weighted by molar-refractivity contribution is 7.85. The second-order valence-electron chi connectivity index (χ2n) is 5.32. The van der Waals surface area contributed by atoms with Crippen LogP contribution < -0.4 is 5.32 Å². The molecule has 0 aliphatic carbocycles. The molecule has 0 saturated heterocycles. The van der Waals surface area contributed by atoms with Gasteiger partial charge in [-0.15, -0.1) is 0 Å². The predicted molar refractivity (Wildman–Crippen MR) is 98.1 cm³/mol. The summed E-state index contributed by atoms with van der Waals surface area (Å²) in [6.07, 6.45) is -1.09. The first-order valence-corrected chi connectivity index (χ1v) is 9.28. The lowest BCUT2D eigenvalue weighted by Crippen LogP contribution is -2.30. The number of ether oxygens (including phenoxy) is 1. The molecule has 2 rings (SSSR count). The van der Waals surface area contributed by atoms with Gasteiger partial charge in [-0.25, -0.2) is 4.79 Å². The molecule has 0 radical (unpaired) electrons. The second kappa shape index (κ2) is 8.92. The maximum absolute atomic E-state index is 12.4. The van der Waals surface area contributed by atoms with Crippen LogP contribution in [0.2, 0.25) is 0 Å². The minimum Gasteiger partial charge on any atom is -0.449 e. The van der Waals surface area contributed by atoms with Crippen LogP contribution in [0, 0.1) is 11.3 Å². The van der Waals surface area contributed by atoms with Crippen LogP contribution in [0.1, 0.15) is 29.8 Å². The largest absolute Gasteiger partial charge is 0.449 e. The van der Waals surface area contributed by atoms with Gasteiger partial charge in [-0.05, 0) is 31.2 Å². The van der Waals surface area contributed by atoms with E-state index in [0.29, 0.717) is 21.9 Å². The van der Waals surface area contributed by atoms with Gasteiger partial charge in [0.15, 0.2) is 6.10 Å². The summed E-state index contributed by atoms with van der Waals surface area (Å²) in [5, 5.41) is 11.6. The number of amides is 1. The Bertz CT molecular complexity index is 889. The summed E-state index contributed by atoms with van der Waals surface area (Å²) < 4.78 is 17.3. The van der Waals surface area contributed by atoms with Crippen LogP contribution in [-0.2, 0) is 20.3 Å². The van der Waals surface area contributed by atoms with Crippen molar-refractivity contribution in [1.82, 2.24) is 0 Å². The lowest BCUT2D eigenvalue weighted by molar-refractivity contribution is -0.123. The van der Waals surface area contributed by atoms with E-state index in [1.54, 1.807) is 49.4 Å². The van der Waals surface area contributed by atoms with Crippen molar-refractivity contribution in [3.63, 3.8) is 0 Å². The minimum absolute atomic E-state index is 0.171. The Balaban J connectivity index is 2.11. The van der Waals surface area contributed by atoms with E-state index >= 15 is 0 Å². The van der Waals surface area contributed by atoms with Crippen molar-refractivity contribution < 1.29 is 18.5 Å². The second-order valence-corrected chi connectivity index (χ2v) is 7.03. The summed E-state index contributed by atoms with van der Waals surface area (Å²) in [6.45, 7) is 3.18. The third kappa shape index (κ3) is 4.55. The first kappa shape index (κ1) is 19.3. The number of hydrogen-bond acceptors (Lipinski definition) is 5. The Morgan fingerprint density at radius 1 is 1.19 bits per heavy atom. The molecule has 0 heterocycles. The first-order valence-electron chi connectivity index (χ1n) is 7.96. The predicted octanol–water partition coefficient (Wildman–Crippen LogP) is 2.87. The number of nitriles is 1. The van der Waals surface area contributed by atoms with Gasteiger partial charge in [0.1, 0.15) is 6.07 Å². The summed E-state index contributed by atoms with van der Waals surface area (Å²) >= 11 is 0. The summed E-state index contributed by atoms with van der Waals surface area (Å²) in [5.74, 6) is -0.917. The standard InChI is InChI=1S/C19H18N2O4S/c1-3-26(24)17-11-7-5-9-15(17)19(23)25-13(2)18(22)21-16-10-6-4-8-14(16)12-20/h4-11,13H,3H2,1-2H3,(H,21,22)/t13-,26-/m0/s1. The van der Waals surface area contributed by atoms with Gasteiger partial charge in [0.05, 0.1) is 32.5 Å². The summed E-state index contributed by atoms with van der Waals surface area (Å²) in [5.41, 5.74) is 0.822. The van der Waals surface area contributed by atoms with Gasteiger partial charge in [-0.1, -0.05) is 31.2 Å². The SMILES string of the molecule is CC[S@](=O)c1ccccc1C(=O)O[C@@H](C)C(=O)Nc1ccccc1C#N. The molecular weight excluding hydrogens is 352 g/mol. The Morgan fingerprint density at radius 3 is 2.54 bits per heavy atom. The van der Waals surface area contributed by atoms with Crippen molar-refractivity contribution in [3.8, 4) is 6.07 Å². The minimum atomic E-state index is -1.32. The van der Waals surface area contributed by atoms with E-state index in [4.69, 9.17) is 10.00 Å². The number of carbonyl (C=O) groups excluding carboxylic acids is 2. The zero-order chi connectivity index (χ0) is 19.1. The fraction of sp³-hybridized carbons (Fsp3) is 0.211. The molecule has 0 saturated carbocycles. The molecule has 0 unspecified atom stereocenters. The molecule has 0 aromatic heterocycles. The van der Waals surface area contributed by atoms with Crippen LogP contribution in [0.25, 0.3) is 0 Å². The maximum atomic E-state index is 12.4. The quantitative estimate of drug-likeness (QED) is 0.789. The highest BCUT2D eigenvalue weighted by atomic mass is 32.2. The third-order valence-electron chi connectivity index (χ3n) is 3.57. The van der Waals surface area contributed by atoms with Crippen molar-refractivity contribution in [2.75, 3.05) is 11.1 Å². The Morgan fingerprint density at radius 2 is 1.85 bits per heavy atom. The number of rotatable bonds is 6. The van der Waals surface area contributed by atoms with Crippen LogP contribution in [0.3, 0.4) is 0 Å². The molecular formula is C19H18N2O4S. The van der Waals surface area contributed by atoms with Gasteiger partial charge in [-0.3, -0.25) is 9.00 Å². The van der Waals surface area contributed by atoms with Crippen molar-refractivity contribution >= 4 is 28.4 Å². The molecule has 6 nitrogen and oxygen atoms in total. The summed E-state index contributed by atoms with van der Waals surface area (Å²) in [4.78, 5) is 25.0. The van der Waals surface area contributed by atoms with E-state index in [0.717, 1.165) is 0 Å². The van der Waals surface area contributed by atoms with E-state index in [1.807, 2.05) is 6.07 Å². The fourth-order valence-corrected chi connectivity index (χ4v) is 3.13. The number of nitrogens with one attached hydrogen (secondary N) is 1. The van der Waals surface area contributed by atoms with Gasteiger partial charge in [0, 0.05) is 5.75 Å². The average Bonchev–Trinajstić information content (AvgIpc) is 2.67. The van der Waals surface area contributed by atoms with E-state index < -0.39 is 28.8 Å². The molecule has 134 valence electrons. The van der Waals surface area contributed by atoms with Gasteiger partial charge >= 0.3 is 5.97 Å². The molecule has 1 amide bonds. The number of nitrogens with zero attached hydrogens (tertiary/aromatic N) is 1. The highest BCUT2D eigenvalue weighted by Gasteiger charge is 2.22. The van der Waals surface area contributed by atoms with Crippen LogP contribution in [0.15, 0.2) is 53.4 Å². The summed E-state index contributed by atoms with van der Waals surface area (Å²) in [6, 6.07) is 14.9. The van der Waals surface area contributed by atoms with E-state index in [-0.39, 0.29) is 5.56 Å².